The number of hydrogen-bond donors (Lipinski definition) is 1. The van der Waals surface area contributed by atoms with Crippen molar-refractivity contribution in [3.8, 4) is 0 Å². The van der Waals surface area contributed by atoms with E-state index in [4.69, 9.17) is 9.84 Å². The minimum absolute atomic E-state index is 0.0858. The molecule has 0 aromatic rings. The van der Waals surface area contributed by atoms with Crippen molar-refractivity contribution in [1.82, 2.24) is 0 Å². The average molecular weight is 278 g/mol. The van der Waals surface area contributed by atoms with Crippen LogP contribution >= 0.6 is 0 Å². The topological polar surface area (TPSA) is 63.6 Å². The van der Waals surface area contributed by atoms with E-state index >= 15 is 0 Å². The molecule has 20 heavy (non-hydrogen) atoms. The molecule has 0 radical (unpaired) electrons. The van der Waals surface area contributed by atoms with Crippen LogP contribution in [0.5, 0.6) is 0 Å². The zero-order chi connectivity index (χ0) is 14.5. The summed E-state index contributed by atoms with van der Waals surface area (Å²) in [4.78, 5) is 23.4. The largest absolute Gasteiger partial charge is 0.478 e. The van der Waals surface area contributed by atoms with E-state index in [-0.39, 0.29) is 16.8 Å². The van der Waals surface area contributed by atoms with E-state index < -0.39 is 5.97 Å². The molecular formula is C16H22O4. The second kappa shape index (κ2) is 4.34. The Morgan fingerprint density at radius 1 is 1.20 bits per heavy atom. The van der Waals surface area contributed by atoms with Crippen molar-refractivity contribution in [3.63, 3.8) is 0 Å². The van der Waals surface area contributed by atoms with Crippen LogP contribution in [0.2, 0.25) is 0 Å². The van der Waals surface area contributed by atoms with Gasteiger partial charge in [0.25, 0.3) is 0 Å². The molecule has 0 heterocycles. The summed E-state index contributed by atoms with van der Waals surface area (Å²) in [6.07, 6.45) is 7.82. The number of methoxy groups -OCH3 is 1. The van der Waals surface area contributed by atoms with Gasteiger partial charge in [-0.15, -0.1) is 0 Å². The maximum atomic E-state index is 12.3. The minimum Gasteiger partial charge on any atom is -0.478 e. The van der Waals surface area contributed by atoms with Gasteiger partial charge in [-0.3, -0.25) is 4.79 Å². The third-order valence-electron chi connectivity index (χ3n) is 5.58. The summed E-state index contributed by atoms with van der Waals surface area (Å²) in [5, 5.41) is 9.14. The van der Waals surface area contributed by atoms with E-state index in [9.17, 15) is 9.59 Å². The number of rotatable bonds is 3. The Morgan fingerprint density at radius 2 is 1.80 bits per heavy atom. The van der Waals surface area contributed by atoms with E-state index in [0.29, 0.717) is 17.4 Å². The summed E-state index contributed by atoms with van der Waals surface area (Å²) in [6, 6.07) is 0. The first-order chi connectivity index (χ1) is 9.38. The highest BCUT2D eigenvalue weighted by Gasteiger charge is 2.60. The third-order valence-corrected chi connectivity index (χ3v) is 5.58. The van der Waals surface area contributed by atoms with Crippen molar-refractivity contribution >= 4 is 11.9 Å². The molecular weight excluding hydrogens is 256 g/mol. The van der Waals surface area contributed by atoms with Crippen molar-refractivity contribution in [2.24, 2.45) is 22.7 Å². The molecule has 2 atom stereocenters. The molecule has 2 unspecified atom stereocenters. The van der Waals surface area contributed by atoms with Crippen LogP contribution in [0.1, 0.15) is 45.4 Å². The highest BCUT2D eigenvalue weighted by Crippen LogP contribution is 2.66. The first kappa shape index (κ1) is 13.7. The van der Waals surface area contributed by atoms with Gasteiger partial charge in [0.15, 0.2) is 0 Å². The van der Waals surface area contributed by atoms with Gasteiger partial charge in [0.05, 0.1) is 12.5 Å². The maximum Gasteiger partial charge on any atom is 0.330 e. The van der Waals surface area contributed by atoms with E-state index in [1.165, 1.54) is 13.5 Å². The van der Waals surface area contributed by atoms with Gasteiger partial charge in [-0.2, -0.15) is 0 Å². The Morgan fingerprint density at radius 3 is 2.30 bits per heavy atom. The lowest BCUT2D eigenvalue weighted by Crippen LogP contribution is -2.54. The zero-order valence-electron chi connectivity index (χ0n) is 12.1. The number of hydrogen-bond acceptors (Lipinski definition) is 3. The Hall–Kier alpha value is -1.32. The van der Waals surface area contributed by atoms with Crippen molar-refractivity contribution < 1.29 is 19.4 Å². The molecule has 4 aliphatic carbocycles. The van der Waals surface area contributed by atoms with Gasteiger partial charge in [0.1, 0.15) is 0 Å². The monoisotopic (exact) mass is 278 g/mol. The van der Waals surface area contributed by atoms with Gasteiger partial charge >= 0.3 is 11.9 Å². The summed E-state index contributed by atoms with van der Waals surface area (Å²) in [6.45, 7) is 1.66. The molecule has 4 rings (SSSR count). The van der Waals surface area contributed by atoms with E-state index in [1.807, 2.05) is 6.08 Å². The fourth-order valence-corrected chi connectivity index (χ4v) is 5.48. The number of carboxylic acid groups (broad SMARTS) is 1. The Labute approximate surface area is 119 Å². The lowest BCUT2D eigenvalue weighted by Gasteiger charge is -2.60. The predicted molar refractivity (Wildman–Crippen MR) is 73.0 cm³/mol. The fraction of sp³-hybridized carbons (Fsp3) is 0.750. The Balaban J connectivity index is 1.97. The van der Waals surface area contributed by atoms with Gasteiger partial charge < -0.3 is 9.84 Å². The molecule has 4 aliphatic rings. The zero-order valence-corrected chi connectivity index (χ0v) is 12.1. The van der Waals surface area contributed by atoms with Crippen LogP contribution in [0, 0.1) is 22.7 Å². The van der Waals surface area contributed by atoms with Crippen LogP contribution in [0.25, 0.3) is 0 Å². The molecule has 0 saturated heterocycles. The smallest absolute Gasteiger partial charge is 0.330 e. The normalized spacial score (nSPS) is 42.6. The van der Waals surface area contributed by atoms with Gasteiger partial charge in [0.2, 0.25) is 0 Å². The summed E-state index contributed by atoms with van der Waals surface area (Å²) in [7, 11) is 1.46. The second-order valence-corrected chi connectivity index (χ2v) is 7.23. The number of esters is 1. The molecule has 0 aromatic carbocycles. The number of ether oxygens (including phenoxy) is 1. The molecule has 1 N–H and O–H groups in total. The second-order valence-electron chi connectivity index (χ2n) is 7.23. The molecule has 4 fully saturated rings. The van der Waals surface area contributed by atoms with Crippen LogP contribution in [0.3, 0.4) is 0 Å². The Kier molecular flexibility index (Phi) is 2.96. The molecule has 0 amide bonds. The van der Waals surface area contributed by atoms with Gasteiger partial charge in [-0.25, -0.2) is 4.79 Å². The van der Waals surface area contributed by atoms with Gasteiger partial charge in [-0.05, 0) is 62.7 Å². The molecule has 0 spiro atoms. The van der Waals surface area contributed by atoms with Crippen molar-refractivity contribution in [3.05, 3.63) is 11.6 Å². The summed E-state index contributed by atoms with van der Waals surface area (Å²) >= 11 is 0. The number of carbonyl (C=O) groups excluding carboxylic acids is 1. The number of carbonyl (C=O) groups is 2. The quantitative estimate of drug-likeness (QED) is 0.637. The van der Waals surface area contributed by atoms with Crippen molar-refractivity contribution in [1.29, 1.82) is 0 Å². The summed E-state index contributed by atoms with van der Waals surface area (Å²) in [5.41, 5.74) is -0.0403. The third kappa shape index (κ3) is 1.97. The van der Waals surface area contributed by atoms with Crippen LogP contribution in [0.4, 0.5) is 0 Å². The van der Waals surface area contributed by atoms with E-state index in [1.54, 1.807) is 6.92 Å². The first-order valence-corrected chi connectivity index (χ1v) is 7.39. The van der Waals surface area contributed by atoms with Crippen LogP contribution < -0.4 is 0 Å². The first-order valence-electron chi connectivity index (χ1n) is 7.39. The SMILES string of the molecule is COC(=O)C12CC3CC(CC(C=C(C)C(=O)O)(C3)C1)C2. The highest BCUT2D eigenvalue weighted by atomic mass is 16.5. The van der Waals surface area contributed by atoms with Crippen LogP contribution in [-0.4, -0.2) is 24.2 Å². The molecule has 4 nitrogen and oxygen atoms in total. The molecule has 0 aromatic heterocycles. The van der Waals surface area contributed by atoms with E-state index in [0.717, 1.165) is 32.1 Å². The molecule has 4 heteroatoms. The van der Waals surface area contributed by atoms with Crippen molar-refractivity contribution in [2.75, 3.05) is 7.11 Å². The fourth-order valence-electron chi connectivity index (χ4n) is 5.48. The van der Waals surface area contributed by atoms with Crippen molar-refractivity contribution in [2.45, 2.75) is 45.4 Å². The van der Waals surface area contributed by atoms with Crippen LogP contribution in [0.15, 0.2) is 11.6 Å². The summed E-state index contributed by atoms with van der Waals surface area (Å²) in [5.74, 6) is 0.159. The Bertz CT molecular complexity index is 477. The lowest BCUT2D eigenvalue weighted by atomic mass is 9.44. The van der Waals surface area contributed by atoms with Gasteiger partial charge in [0, 0.05) is 5.57 Å². The standard InChI is InChI=1S/C16H22O4/c1-10(13(17)18)4-15-5-11-3-12(6-15)8-16(7-11,9-15)14(19)20-2/h4,11-12H,3,5-9H2,1-2H3,(H,17,18). The highest BCUT2D eigenvalue weighted by molar-refractivity contribution is 5.86. The number of carboxylic acids is 1. The molecule has 4 bridgehead atoms. The predicted octanol–water partition coefficient (Wildman–Crippen LogP) is 2.78. The molecule has 0 aliphatic heterocycles. The molecule has 4 saturated carbocycles. The molecule has 110 valence electrons. The van der Waals surface area contributed by atoms with Crippen LogP contribution in [-0.2, 0) is 14.3 Å². The maximum absolute atomic E-state index is 12.3. The number of aliphatic carboxylic acids is 1. The average Bonchev–Trinajstić information content (AvgIpc) is 2.35. The lowest BCUT2D eigenvalue weighted by molar-refractivity contribution is -0.173. The minimum atomic E-state index is -0.854. The number of allylic oxidation sites excluding steroid dienone is 1. The summed E-state index contributed by atoms with van der Waals surface area (Å²) < 4.78 is 5.06. The van der Waals surface area contributed by atoms with E-state index in [2.05, 4.69) is 0 Å². The van der Waals surface area contributed by atoms with Gasteiger partial charge in [-0.1, -0.05) is 6.08 Å².